The number of piperazine rings is 1. The number of thiazole rings is 1. The van der Waals surface area contributed by atoms with Gasteiger partial charge in [-0.15, -0.1) is 11.3 Å². The third kappa shape index (κ3) is 4.58. The number of aromatic nitrogens is 1. The second-order valence-electron chi connectivity index (χ2n) is 7.64. The molecule has 154 valence electrons. The van der Waals surface area contributed by atoms with Crippen molar-refractivity contribution in [1.82, 2.24) is 15.2 Å². The maximum atomic E-state index is 13.0. The molecule has 2 heterocycles. The van der Waals surface area contributed by atoms with E-state index in [-0.39, 0.29) is 23.5 Å². The zero-order chi connectivity index (χ0) is 20.4. The molecule has 1 N–H and O–H groups in total. The van der Waals surface area contributed by atoms with Crippen LogP contribution in [0.15, 0.2) is 24.3 Å². The zero-order valence-electron chi connectivity index (χ0n) is 16.5. The first kappa shape index (κ1) is 19.8. The molecular weight excluding hydrogens is 391 g/mol. The molecule has 2 aromatic rings. The highest BCUT2D eigenvalue weighted by Crippen LogP contribution is 2.34. The van der Waals surface area contributed by atoms with Crippen LogP contribution in [0.3, 0.4) is 0 Å². The van der Waals surface area contributed by atoms with E-state index >= 15 is 0 Å². The number of benzene rings is 1. The molecule has 1 aliphatic heterocycles. The molecular formula is C21H25FN4O2S. The number of carbonyl (C=O) groups is 2. The van der Waals surface area contributed by atoms with E-state index in [2.05, 4.69) is 10.2 Å². The molecule has 4 rings (SSSR count). The van der Waals surface area contributed by atoms with Crippen LogP contribution >= 0.6 is 11.3 Å². The van der Waals surface area contributed by atoms with E-state index in [1.807, 2.05) is 4.90 Å². The molecule has 1 aromatic carbocycles. The smallest absolute Gasteiger partial charge is 0.223 e. The molecule has 8 heteroatoms. The number of hydrogen-bond acceptors (Lipinski definition) is 5. The maximum Gasteiger partial charge on any atom is 0.223 e. The van der Waals surface area contributed by atoms with Crippen molar-refractivity contribution < 1.29 is 14.0 Å². The van der Waals surface area contributed by atoms with Gasteiger partial charge in [0.05, 0.1) is 5.69 Å². The third-order valence-electron chi connectivity index (χ3n) is 5.67. The van der Waals surface area contributed by atoms with Crippen molar-refractivity contribution in [1.29, 1.82) is 0 Å². The average molecular weight is 417 g/mol. The summed E-state index contributed by atoms with van der Waals surface area (Å²) in [6, 6.07) is 6.19. The quantitative estimate of drug-likeness (QED) is 0.831. The van der Waals surface area contributed by atoms with E-state index in [9.17, 15) is 14.0 Å². The van der Waals surface area contributed by atoms with Crippen molar-refractivity contribution in [3.05, 3.63) is 46.2 Å². The molecule has 1 atom stereocenters. The summed E-state index contributed by atoms with van der Waals surface area (Å²) >= 11 is 1.68. The fraction of sp³-hybridized carbons (Fsp3) is 0.476. The summed E-state index contributed by atoms with van der Waals surface area (Å²) in [5.74, 6) is -0.156. The lowest BCUT2D eigenvalue weighted by atomic mass is 9.90. The van der Waals surface area contributed by atoms with Crippen LogP contribution < -0.4 is 10.2 Å². The number of nitrogens with zero attached hydrogens (tertiary/aromatic N) is 3. The highest BCUT2D eigenvalue weighted by Gasteiger charge is 2.29. The number of amides is 2. The molecule has 0 radical (unpaired) electrons. The monoisotopic (exact) mass is 416 g/mol. The summed E-state index contributed by atoms with van der Waals surface area (Å²) in [5, 5.41) is 3.98. The Morgan fingerprint density at radius 2 is 1.93 bits per heavy atom. The SMILES string of the molecule is CC(=O)N1CCN(c2nc3c(s2)CC(C(=O)NCc2ccc(F)cc2)CC3)CC1. The predicted molar refractivity (Wildman–Crippen MR) is 110 cm³/mol. The van der Waals surface area contributed by atoms with Crippen LogP contribution in [0.2, 0.25) is 0 Å². The molecule has 1 unspecified atom stereocenters. The molecule has 1 fully saturated rings. The number of aryl methyl sites for hydroxylation is 1. The van der Waals surface area contributed by atoms with Crippen molar-refractivity contribution in [2.75, 3.05) is 31.1 Å². The van der Waals surface area contributed by atoms with E-state index in [0.29, 0.717) is 6.54 Å². The van der Waals surface area contributed by atoms with E-state index in [1.54, 1.807) is 30.4 Å². The minimum atomic E-state index is -0.274. The van der Waals surface area contributed by atoms with Crippen LogP contribution in [-0.2, 0) is 29.0 Å². The van der Waals surface area contributed by atoms with Crippen molar-refractivity contribution in [3.8, 4) is 0 Å². The predicted octanol–water partition coefficient (Wildman–Crippen LogP) is 2.37. The second kappa shape index (κ2) is 8.49. The van der Waals surface area contributed by atoms with E-state index in [4.69, 9.17) is 4.98 Å². The summed E-state index contributed by atoms with van der Waals surface area (Å²) in [7, 11) is 0. The van der Waals surface area contributed by atoms with Crippen LogP contribution in [-0.4, -0.2) is 47.9 Å². The van der Waals surface area contributed by atoms with Crippen molar-refractivity contribution >= 4 is 28.3 Å². The Morgan fingerprint density at radius 1 is 1.21 bits per heavy atom. The molecule has 1 aromatic heterocycles. The molecule has 2 amide bonds. The van der Waals surface area contributed by atoms with Crippen LogP contribution in [0.25, 0.3) is 0 Å². The first-order valence-electron chi connectivity index (χ1n) is 10.0. The lowest BCUT2D eigenvalue weighted by Crippen LogP contribution is -2.48. The van der Waals surface area contributed by atoms with Gasteiger partial charge in [0.1, 0.15) is 5.82 Å². The molecule has 6 nitrogen and oxygen atoms in total. The minimum absolute atomic E-state index is 0.0463. The van der Waals surface area contributed by atoms with Gasteiger partial charge in [-0.1, -0.05) is 12.1 Å². The van der Waals surface area contributed by atoms with Crippen molar-refractivity contribution in [2.24, 2.45) is 5.92 Å². The van der Waals surface area contributed by atoms with Gasteiger partial charge in [0, 0.05) is 50.4 Å². The van der Waals surface area contributed by atoms with Gasteiger partial charge in [-0.3, -0.25) is 9.59 Å². The van der Waals surface area contributed by atoms with Gasteiger partial charge in [-0.2, -0.15) is 0 Å². The second-order valence-corrected chi connectivity index (χ2v) is 8.71. The first-order chi connectivity index (χ1) is 14.0. The van der Waals surface area contributed by atoms with Gasteiger partial charge in [0.15, 0.2) is 5.13 Å². The fourth-order valence-corrected chi connectivity index (χ4v) is 5.11. The number of carbonyl (C=O) groups excluding carboxylic acids is 2. The van der Waals surface area contributed by atoms with E-state index < -0.39 is 0 Å². The highest BCUT2D eigenvalue weighted by atomic mass is 32.1. The molecule has 1 saturated heterocycles. The Balaban J connectivity index is 1.33. The molecule has 0 spiro atoms. The van der Waals surface area contributed by atoms with Gasteiger partial charge in [-0.25, -0.2) is 9.37 Å². The summed E-state index contributed by atoms with van der Waals surface area (Å²) in [5.41, 5.74) is 2.00. The molecule has 0 saturated carbocycles. The average Bonchev–Trinajstić information content (AvgIpc) is 3.16. The van der Waals surface area contributed by atoms with Gasteiger partial charge in [0.2, 0.25) is 11.8 Å². The van der Waals surface area contributed by atoms with Gasteiger partial charge < -0.3 is 15.1 Å². The first-order valence-corrected chi connectivity index (χ1v) is 10.8. The van der Waals surface area contributed by atoms with Crippen LogP contribution in [0.1, 0.15) is 29.5 Å². The number of hydrogen-bond donors (Lipinski definition) is 1. The summed E-state index contributed by atoms with van der Waals surface area (Å²) < 4.78 is 13.0. The van der Waals surface area contributed by atoms with Gasteiger partial charge in [-0.05, 0) is 37.0 Å². The summed E-state index contributed by atoms with van der Waals surface area (Å²) in [4.78, 5) is 34.2. The summed E-state index contributed by atoms with van der Waals surface area (Å²) in [6.45, 7) is 5.08. The molecule has 1 aliphatic carbocycles. The van der Waals surface area contributed by atoms with Crippen LogP contribution in [0, 0.1) is 11.7 Å². The Hall–Kier alpha value is -2.48. The standard InChI is InChI=1S/C21H25FN4O2S/c1-14(27)25-8-10-26(11-9-25)21-24-18-7-4-16(12-19(18)29-21)20(28)23-13-15-2-5-17(22)6-3-15/h2-3,5-6,16H,4,7-13H2,1H3,(H,23,28). The Kier molecular flexibility index (Phi) is 5.80. The molecule has 29 heavy (non-hydrogen) atoms. The largest absolute Gasteiger partial charge is 0.352 e. The summed E-state index contributed by atoms with van der Waals surface area (Å²) in [6.07, 6.45) is 2.33. The zero-order valence-corrected chi connectivity index (χ0v) is 17.3. The fourth-order valence-electron chi connectivity index (χ4n) is 3.87. The minimum Gasteiger partial charge on any atom is -0.352 e. The molecule has 2 aliphatic rings. The third-order valence-corrected chi connectivity index (χ3v) is 6.86. The van der Waals surface area contributed by atoms with E-state index in [1.165, 1.54) is 17.0 Å². The molecule has 0 bridgehead atoms. The van der Waals surface area contributed by atoms with Crippen molar-refractivity contribution in [2.45, 2.75) is 32.7 Å². The van der Waals surface area contributed by atoms with Crippen molar-refractivity contribution in [3.63, 3.8) is 0 Å². The normalized spacial score (nSPS) is 19.0. The Labute approximate surface area is 173 Å². The van der Waals surface area contributed by atoms with Crippen LogP contribution in [0.5, 0.6) is 0 Å². The van der Waals surface area contributed by atoms with Gasteiger partial charge in [0.25, 0.3) is 0 Å². The topological polar surface area (TPSA) is 65.5 Å². The number of halogens is 1. The maximum absolute atomic E-state index is 13.0. The number of fused-ring (bicyclic) bond motifs is 1. The van der Waals surface area contributed by atoms with Gasteiger partial charge >= 0.3 is 0 Å². The lowest BCUT2D eigenvalue weighted by Gasteiger charge is -2.33. The Bertz CT molecular complexity index is 891. The highest BCUT2D eigenvalue weighted by molar-refractivity contribution is 7.15. The van der Waals surface area contributed by atoms with E-state index in [0.717, 1.165) is 61.8 Å². The van der Waals surface area contributed by atoms with Crippen LogP contribution in [0.4, 0.5) is 9.52 Å². The number of rotatable bonds is 4. The number of anilines is 1. The lowest BCUT2D eigenvalue weighted by molar-refractivity contribution is -0.129. The number of nitrogens with one attached hydrogen (secondary N) is 1. The Morgan fingerprint density at radius 3 is 2.62 bits per heavy atom.